The molecule has 212 valence electrons. The minimum Gasteiger partial charge on any atom is -0.493 e. The second-order valence-electron chi connectivity index (χ2n) is 9.74. The number of benzene rings is 4. The molecule has 0 atom stereocenters. The molecule has 0 fully saturated rings. The lowest BCUT2D eigenvalue weighted by atomic mass is 10.0. The molecule has 5 nitrogen and oxygen atoms in total. The Hall–Kier alpha value is -4.51. The molecule has 0 N–H and O–H groups in total. The van der Waals surface area contributed by atoms with E-state index in [2.05, 4.69) is 6.92 Å². The van der Waals surface area contributed by atoms with Gasteiger partial charge in [-0.25, -0.2) is 0 Å². The van der Waals surface area contributed by atoms with E-state index in [0.29, 0.717) is 42.6 Å². The molecule has 0 saturated heterocycles. The maximum atomic E-state index is 12.8. The Morgan fingerprint density at radius 3 is 1.88 bits per heavy atom. The number of aryl methyl sites for hydroxylation is 2. The predicted octanol–water partition coefficient (Wildman–Crippen LogP) is 8.03. The summed E-state index contributed by atoms with van der Waals surface area (Å²) in [5.74, 6) is 2.83. The third kappa shape index (κ3) is 8.74. The first-order valence-electron chi connectivity index (χ1n) is 14.0. The molecule has 4 aromatic carbocycles. The maximum absolute atomic E-state index is 12.8. The van der Waals surface area contributed by atoms with Gasteiger partial charge in [0.15, 0.2) is 28.8 Å². The van der Waals surface area contributed by atoms with Crippen molar-refractivity contribution in [2.75, 3.05) is 14.2 Å². The summed E-state index contributed by atoms with van der Waals surface area (Å²) in [6.45, 7) is 2.99. The van der Waals surface area contributed by atoms with Crippen molar-refractivity contribution in [3.8, 4) is 23.0 Å². The number of hydrogen-bond donors (Lipinski definition) is 0. The zero-order valence-corrected chi connectivity index (χ0v) is 24.1. The lowest BCUT2D eigenvalue weighted by molar-refractivity contribution is -0.114. The van der Waals surface area contributed by atoms with Crippen LogP contribution in [0.1, 0.15) is 47.6 Å². The van der Waals surface area contributed by atoms with E-state index in [4.69, 9.17) is 18.9 Å². The van der Waals surface area contributed by atoms with E-state index < -0.39 is 0 Å². The number of rotatable bonds is 15. The van der Waals surface area contributed by atoms with E-state index in [0.717, 1.165) is 47.1 Å². The van der Waals surface area contributed by atoms with Gasteiger partial charge in [0, 0.05) is 6.42 Å². The Bertz CT molecular complexity index is 1430. The number of carbonyl (C=O) groups is 1. The molecule has 0 aliphatic rings. The summed E-state index contributed by atoms with van der Waals surface area (Å²) < 4.78 is 23.2. The van der Waals surface area contributed by atoms with E-state index in [9.17, 15) is 4.79 Å². The number of ether oxygens (including phenoxy) is 4. The largest absolute Gasteiger partial charge is 0.493 e. The number of methoxy groups -OCH3 is 2. The van der Waals surface area contributed by atoms with Crippen LogP contribution in [-0.4, -0.2) is 20.0 Å². The maximum Gasteiger partial charge on any atom is 0.162 e. The van der Waals surface area contributed by atoms with Crippen LogP contribution in [0, 0.1) is 0 Å². The van der Waals surface area contributed by atoms with E-state index in [-0.39, 0.29) is 5.78 Å². The molecule has 4 rings (SSSR count). The molecule has 0 saturated carbocycles. The van der Waals surface area contributed by atoms with Gasteiger partial charge in [-0.05, 0) is 77.4 Å². The SMILES string of the molecule is CCc1cc(OC)c(OCc2ccccc2)cc1/C=C/C(=O)CCCc1ccc(OC)c(OCc2ccccc2)c1. The van der Waals surface area contributed by atoms with Crippen molar-refractivity contribution in [1.82, 2.24) is 0 Å². The molecule has 4 aromatic rings. The number of ketones is 1. The van der Waals surface area contributed by atoms with Gasteiger partial charge in [-0.15, -0.1) is 0 Å². The van der Waals surface area contributed by atoms with Crippen molar-refractivity contribution in [2.24, 2.45) is 0 Å². The quantitative estimate of drug-likeness (QED) is 0.140. The fourth-order valence-corrected chi connectivity index (χ4v) is 4.54. The third-order valence-corrected chi connectivity index (χ3v) is 6.85. The second-order valence-corrected chi connectivity index (χ2v) is 9.74. The fourth-order valence-electron chi connectivity index (χ4n) is 4.54. The van der Waals surface area contributed by atoms with Gasteiger partial charge in [0.1, 0.15) is 13.2 Å². The topological polar surface area (TPSA) is 54.0 Å². The highest BCUT2D eigenvalue weighted by molar-refractivity contribution is 5.93. The summed E-state index contributed by atoms with van der Waals surface area (Å²) in [4.78, 5) is 12.8. The van der Waals surface area contributed by atoms with Gasteiger partial charge in [-0.2, -0.15) is 0 Å². The summed E-state index contributed by atoms with van der Waals surface area (Å²) in [7, 11) is 3.28. The number of hydrogen-bond acceptors (Lipinski definition) is 5. The average Bonchev–Trinajstić information content (AvgIpc) is 3.02. The highest BCUT2D eigenvalue weighted by Crippen LogP contribution is 2.33. The molecule has 0 unspecified atom stereocenters. The summed E-state index contributed by atoms with van der Waals surface area (Å²) in [5, 5.41) is 0. The van der Waals surface area contributed by atoms with E-state index in [1.165, 1.54) is 0 Å². The monoisotopic (exact) mass is 550 g/mol. The third-order valence-electron chi connectivity index (χ3n) is 6.85. The van der Waals surface area contributed by atoms with Crippen LogP contribution in [0.15, 0.2) is 97.1 Å². The molecule has 0 amide bonds. The Kier molecular flexibility index (Phi) is 11.0. The van der Waals surface area contributed by atoms with Crippen molar-refractivity contribution in [2.45, 2.75) is 45.8 Å². The minimum atomic E-state index is 0.0867. The molecule has 5 heteroatoms. The van der Waals surface area contributed by atoms with Crippen LogP contribution in [0.5, 0.6) is 23.0 Å². The summed E-state index contributed by atoms with van der Waals surface area (Å²) in [5.41, 5.74) is 5.33. The minimum absolute atomic E-state index is 0.0867. The van der Waals surface area contributed by atoms with Crippen molar-refractivity contribution in [3.63, 3.8) is 0 Å². The fraction of sp³-hybridized carbons (Fsp3) is 0.250. The lowest BCUT2D eigenvalue weighted by Gasteiger charge is -2.14. The van der Waals surface area contributed by atoms with Crippen molar-refractivity contribution in [3.05, 3.63) is 125 Å². The molecule has 0 bridgehead atoms. The highest BCUT2D eigenvalue weighted by atomic mass is 16.5. The van der Waals surface area contributed by atoms with Crippen LogP contribution in [-0.2, 0) is 30.8 Å². The average molecular weight is 551 g/mol. The van der Waals surface area contributed by atoms with Gasteiger partial charge < -0.3 is 18.9 Å². The Morgan fingerprint density at radius 2 is 1.29 bits per heavy atom. The molecule has 0 aliphatic carbocycles. The Morgan fingerprint density at radius 1 is 0.683 bits per heavy atom. The first kappa shape index (κ1) is 29.5. The van der Waals surface area contributed by atoms with Gasteiger partial charge in [-0.3, -0.25) is 4.79 Å². The summed E-state index contributed by atoms with van der Waals surface area (Å²) in [6, 6.07) is 29.9. The molecule has 0 aliphatic heterocycles. The van der Waals surface area contributed by atoms with Crippen LogP contribution >= 0.6 is 0 Å². The van der Waals surface area contributed by atoms with E-state index >= 15 is 0 Å². The smallest absolute Gasteiger partial charge is 0.162 e. The van der Waals surface area contributed by atoms with Crippen LogP contribution in [0.25, 0.3) is 6.08 Å². The Labute approximate surface area is 243 Å². The molecule has 41 heavy (non-hydrogen) atoms. The van der Waals surface area contributed by atoms with Gasteiger partial charge in [0.2, 0.25) is 0 Å². The molecule has 0 radical (unpaired) electrons. The van der Waals surface area contributed by atoms with Crippen LogP contribution < -0.4 is 18.9 Å². The summed E-state index contributed by atoms with van der Waals surface area (Å²) in [6.07, 6.45) is 6.34. The normalized spacial score (nSPS) is 10.9. The van der Waals surface area contributed by atoms with Gasteiger partial charge in [0.25, 0.3) is 0 Å². The van der Waals surface area contributed by atoms with Crippen LogP contribution in [0.2, 0.25) is 0 Å². The zero-order valence-electron chi connectivity index (χ0n) is 24.1. The van der Waals surface area contributed by atoms with Crippen LogP contribution in [0.4, 0.5) is 0 Å². The van der Waals surface area contributed by atoms with Crippen molar-refractivity contribution >= 4 is 11.9 Å². The van der Waals surface area contributed by atoms with E-state index in [1.807, 2.05) is 97.1 Å². The predicted molar refractivity (Wildman–Crippen MR) is 164 cm³/mol. The lowest BCUT2D eigenvalue weighted by Crippen LogP contribution is -2.00. The second kappa shape index (κ2) is 15.3. The first-order chi connectivity index (χ1) is 20.1. The molecular weight excluding hydrogens is 512 g/mol. The van der Waals surface area contributed by atoms with Crippen LogP contribution in [0.3, 0.4) is 0 Å². The molecular formula is C36H38O5. The number of carbonyl (C=O) groups excluding carboxylic acids is 1. The number of allylic oxidation sites excluding steroid dienone is 1. The van der Waals surface area contributed by atoms with Crippen molar-refractivity contribution < 1.29 is 23.7 Å². The van der Waals surface area contributed by atoms with E-state index in [1.54, 1.807) is 20.3 Å². The standard InChI is InChI=1S/C36H38O5/c1-4-30-23-34(39-3)36(41-26-29-14-9-6-10-15-29)24-31(30)19-20-32(37)17-11-16-27-18-21-33(38-2)35(22-27)40-25-28-12-7-5-8-13-28/h5-10,12-15,18-24H,4,11,16-17,25-26H2,1-3H3/b20-19+. The molecule has 0 spiro atoms. The highest BCUT2D eigenvalue weighted by Gasteiger charge is 2.11. The van der Waals surface area contributed by atoms with Crippen molar-refractivity contribution in [1.29, 1.82) is 0 Å². The van der Waals surface area contributed by atoms with Gasteiger partial charge >= 0.3 is 0 Å². The molecule has 0 aromatic heterocycles. The van der Waals surface area contributed by atoms with Gasteiger partial charge in [0.05, 0.1) is 14.2 Å². The zero-order chi connectivity index (χ0) is 28.9. The summed E-state index contributed by atoms with van der Waals surface area (Å²) >= 11 is 0. The van der Waals surface area contributed by atoms with Gasteiger partial charge in [-0.1, -0.05) is 79.7 Å². The molecule has 0 heterocycles. The Balaban J connectivity index is 1.35. The first-order valence-corrected chi connectivity index (χ1v) is 14.0.